The maximum atomic E-state index is 11.7. The second kappa shape index (κ2) is 8.52. The number of methoxy groups -OCH3 is 2. The first-order chi connectivity index (χ1) is 10.0. The molecule has 0 saturated carbocycles. The van der Waals surface area contributed by atoms with Crippen molar-refractivity contribution in [3.63, 3.8) is 0 Å². The Labute approximate surface area is 127 Å². The van der Waals surface area contributed by atoms with Crippen molar-refractivity contribution in [1.29, 1.82) is 0 Å². The fraction of sp³-hybridized carbons (Fsp3) is 0.562. The molecule has 0 aliphatic heterocycles. The molecule has 1 amide bonds. The summed E-state index contributed by atoms with van der Waals surface area (Å²) in [5, 5.41) is 6.10. The van der Waals surface area contributed by atoms with Crippen LogP contribution in [0.5, 0.6) is 11.5 Å². The maximum absolute atomic E-state index is 11.7. The number of amides is 1. The highest BCUT2D eigenvalue weighted by atomic mass is 16.5. The molecular formula is C16H26N2O3. The lowest BCUT2D eigenvalue weighted by molar-refractivity contribution is -0.122. The number of hydrogen-bond acceptors (Lipinski definition) is 4. The van der Waals surface area contributed by atoms with Crippen LogP contribution in [0.25, 0.3) is 0 Å². The summed E-state index contributed by atoms with van der Waals surface area (Å²) in [6.07, 6.45) is 0.810. The van der Waals surface area contributed by atoms with Gasteiger partial charge >= 0.3 is 0 Å². The summed E-state index contributed by atoms with van der Waals surface area (Å²) in [4.78, 5) is 11.7. The zero-order chi connectivity index (χ0) is 15.8. The number of ether oxygens (including phenoxy) is 2. The molecule has 2 atom stereocenters. The second-order valence-electron chi connectivity index (χ2n) is 5.08. The molecule has 5 heteroatoms. The van der Waals surface area contributed by atoms with Gasteiger partial charge in [-0.25, -0.2) is 0 Å². The third-order valence-electron chi connectivity index (χ3n) is 3.27. The molecule has 0 fully saturated rings. The van der Waals surface area contributed by atoms with E-state index in [1.54, 1.807) is 14.2 Å². The fourth-order valence-electron chi connectivity index (χ4n) is 2.25. The Morgan fingerprint density at radius 1 is 1.19 bits per heavy atom. The molecule has 0 aromatic heterocycles. The first-order valence-electron chi connectivity index (χ1n) is 7.26. The van der Waals surface area contributed by atoms with Gasteiger partial charge in [0.25, 0.3) is 0 Å². The summed E-state index contributed by atoms with van der Waals surface area (Å²) >= 11 is 0. The van der Waals surface area contributed by atoms with Crippen molar-refractivity contribution in [3.05, 3.63) is 23.8 Å². The molecule has 118 valence electrons. The molecule has 0 saturated heterocycles. The molecule has 0 aliphatic rings. The first-order valence-corrected chi connectivity index (χ1v) is 7.26. The summed E-state index contributed by atoms with van der Waals surface area (Å²) in [5.74, 6) is 1.47. The van der Waals surface area contributed by atoms with Crippen LogP contribution in [0.4, 0.5) is 0 Å². The van der Waals surface area contributed by atoms with Crippen LogP contribution in [-0.2, 0) is 11.2 Å². The van der Waals surface area contributed by atoms with Crippen molar-refractivity contribution in [2.24, 2.45) is 0 Å². The van der Waals surface area contributed by atoms with Crippen LogP contribution >= 0.6 is 0 Å². The Morgan fingerprint density at radius 3 is 2.43 bits per heavy atom. The molecule has 0 radical (unpaired) electrons. The maximum Gasteiger partial charge on any atom is 0.236 e. The normalized spacial score (nSPS) is 13.4. The number of carbonyl (C=O) groups is 1. The van der Waals surface area contributed by atoms with Gasteiger partial charge in [0.05, 0.1) is 20.3 Å². The minimum atomic E-state index is -0.208. The minimum absolute atomic E-state index is 0.0247. The van der Waals surface area contributed by atoms with Gasteiger partial charge in [-0.15, -0.1) is 0 Å². The van der Waals surface area contributed by atoms with Crippen LogP contribution in [0.3, 0.4) is 0 Å². The van der Waals surface area contributed by atoms with E-state index in [4.69, 9.17) is 9.47 Å². The van der Waals surface area contributed by atoms with Crippen LogP contribution in [0, 0.1) is 0 Å². The van der Waals surface area contributed by atoms with Crippen molar-refractivity contribution >= 4 is 5.91 Å². The molecule has 5 nitrogen and oxygen atoms in total. The summed E-state index contributed by atoms with van der Waals surface area (Å²) in [6, 6.07) is 5.85. The van der Waals surface area contributed by atoms with E-state index in [-0.39, 0.29) is 18.0 Å². The molecule has 2 N–H and O–H groups in total. The number of nitrogens with one attached hydrogen (secondary N) is 2. The van der Waals surface area contributed by atoms with Gasteiger partial charge in [0.15, 0.2) is 11.5 Å². The molecule has 1 aromatic carbocycles. The lowest BCUT2D eigenvalue weighted by Gasteiger charge is -2.20. The van der Waals surface area contributed by atoms with Gasteiger partial charge in [0.1, 0.15) is 0 Å². The number of likely N-dealkylation sites (N-methyl/N-ethyl adjacent to an activating group) is 1. The van der Waals surface area contributed by atoms with Gasteiger partial charge in [0.2, 0.25) is 5.91 Å². The average molecular weight is 294 g/mol. The van der Waals surface area contributed by atoms with E-state index in [9.17, 15) is 4.79 Å². The Hall–Kier alpha value is -1.75. The van der Waals surface area contributed by atoms with E-state index >= 15 is 0 Å². The van der Waals surface area contributed by atoms with Crippen LogP contribution in [0.2, 0.25) is 0 Å². The highest BCUT2D eigenvalue weighted by Gasteiger charge is 2.15. The Bertz CT molecular complexity index is 463. The standard InChI is InChI=1S/C16H26N2O3/c1-6-17-16(19)12(3)18-11(2)9-13-7-8-14(20-4)15(10-13)21-5/h7-8,10-12,18H,6,9H2,1-5H3,(H,17,19). The first kappa shape index (κ1) is 17.3. The average Bonchev–Trinajstić information content (AvgIpc) is 2.47. The smallest absolute Gasteiger partial charge is 0.236 e. The van der Waals surface area contributed by atoms with Crippen molar-refractivity contribution in [3.8, 4) is 11.5 Å². The quantitative estimate of drug-likeness (QED) is 0.767. The van der Waals surface area contributed by atoms with Crippen molar-refractivity contribution in [2.45, 2.75) is 39.3 Å². The predicted molar refractivity (Wildman–Crippen MR) is 84.0 cm³/mol. The largest absolute Gasteiger partial charge is 0.493 e. The zero-order valence-electron chi connectivity index (χ0n) is 13.5. The number of rotatable bonds is 8. The van der Waals surface area contributed by atoms with Crippen LogP contribution in [-0.4, -0.2) is 38.8 Å². The third-order valence-corrected chi connectivity index (χ3v) is 3.27. The zero-order valence-corrected chi connectivity index (χ0v) is 13.5. The van der Waals surface area contributed by atoms with Gasteiger partial charge in [-0.05, 0) is 44.9 Å². The number of benzene rings is 1. The Morgan fingerprint density at radius 2 is 1.86 bits per heavy atom. The summed E-state index contributed by atoms with van der Waals surface area (Å²) in [6.45, 7) is 6.50. The lowest BCUT2D eigenvalue weighted by Crippen LogP contribution is -2.46. The topological polar surface area (TPSA) is 59.6 Å². The molecular weight excluding hydrogens is 268 g/mol. The van der Waals surface area contributed by atoms with Crippen LogP contribution < -0.4 is 20.1 Å². The molecule has 0 heterocycles. The summed E-state index contributed by atoms with van der Waals surface area (Å²) in [7, 11) is 3.25. The highest BCUT2D eigenvalue weighted by molar-refractivity contribution is 5.81. The Kier molecular flexibility index (Phi) is 7.02. The fourth-order valence-corrected chi connectivity index (χ4v) is 2.25. The SMILES string of the molecule is CCNC(=O)C(C)NC(C)Cc1ccc(OC)c(OC)c1. The van der Waals surface area contributed by atoms with Gasteiger partial charge in [0, 0.05) is 12.6 Å². The molecule has 2 unspecified atom stereocenters. The predicted octanol–water partition coefficient (Wildman–Crippen LogP) is 1.75. The molecule has 0 spiro atoms. The molecule has 1 aromatic rings. The molecule has 0 bridgehead atoms. The van der Waals surface area contributed by atoms with Gasteiger partial charge < -0.3 is 20.1 Å². The van der Waals surface area contributed by atoms with Crippen LogP contribution in [0.1, 0.15) is 26.3 Å². The van der Waals surface area contributed by atoms with Crippen molar-refractivity contribution in [1.82, 2.24) is 10.6 Å². The third kappa shape index (κ3) is 5.27. The van der Waals surface area contributed by atoms with Gasteiger partial charge in [-0.1, -0.05) is 6.07 Å². The minimum Gasteiger partial charge on any atom is -0.493 e. The molecule has 0 aliphatic carbocycles. The van der Waals surface area contributed by atoms with Gasteiger partial charge in [-0.3, -0.25) is 4.79 Å². The summed E-state index contributed by atoms with van der Waals surface area (Å²) < 4.78 is 10.5. The van der Waals surface area contributed by atoms with E-state index < -0.39 is 0 Å². The van der Waals surface area contributed by atoms with E-state index in [2.05, 4.69) is 17.6 Å². The van der Waals surface area contributed by atoms with Crippen LogP contribution in [0.15, 0.2) is 18.2 Å². The Balaban J connectivity index is 2.62. The second-order valence-corrected chi connectivity index (χ2v) is 5.08. The number of hydrogen-bond donors (Lipinski definition) is 2. The number of carbonyl (C=O) groups excluding carboxylic acids is 1. The molecule has 1 rings (SSSR count). The summed E-state index contributed by atoms with van der Waals surface area (Å²) in [5.41, 5.74) is 1.13. The van der Waals surface area contributed by atoms with E-state index in [1.807, 2.05) is 32.0 Å². The lowest BCUT2D eigenvalue weighted by atomic mass is 10.1. The highest BCUT2D eigenvalue weighted by Crippen LogP contribution is 2.27. The monoisotopic (exact) mass is 294 g/mol. The van der Waals surface area contributed by atoms with E-state index in [1.165, 1.54) is 0 Å². The van der Waals surface area contributed by atoms with E-state index in [0.29, 0.717) is 6.54 Å². The van der Waals surface area contributed by atoms with E-state index in [0.717, 1.165) is 23.5 Å². The van der Waals surface area contributed by atoms with Gasteiger partial charge in [-0.2, -0.15) is 0 Å². The van der Waals surface area contributed by atoms with Crippen molar-refractivity contribution in [2.75, 3.05) is 20.8 Å². The van der Waals surface area contributed by atoms with Crippen molar-refractivity contribution < 1.29 is 14.3 Å². The molecule has 21 heavy (non-hydrogen) atoms.